The molecule has 3 aromatic heterocycles. The van der Waals surface area contributed by atoms with Crippen LogP contribution in [0.2, 0.25) is 0 Å². The number of alkyl carbamates (subject to hydrolysis) is 1. The number of rotatable bonds is 13. The van der Waals surface area contributed by atoms with Gasteiger partial charge in [-0.2, -0.15) is 0 Å². The van der Waals surface area contributed by atoms with Gasteiger partial charge in [-0.1, -0.05) is 44.2 Å². The number of nitrogens with one attached hydrogen (secondary N) is 4. The molecule has 2 aliphatic heterocycles. The maximum Gasteiger partial charge on any atom is 0.407 e. The number of aromatic amines is 2. The summed E-state index contributed by atoms with van der Waals surface area (Å²) < 4.78 is 4.75. The van der Waals surface area contributed by atoms with Crippen LogP contribution in [-0.4, -0.2) is 102 Å². The van der Waals surface area contributed by atoms with E-state index in [1.165, 1.54) is 14.0 Å². The quantitative estimate of drug-likeness (QED) is 0.111. The highest BCUT2D eigenvalue weighted by Crippen LogP contribution is 2.35. The molecule has 2 aliphatic rings. The second-order valence-electron chi connectivity index (χ2n) is 15.4. The molecule has 17 nitrogen and oxygen atoms in total. The first kappa shape index (κ1) is 40.5. The van der Waals surface area contributed by atoms with Crippen LogP contribution in [0.3, 0.4) is 0 Å². The number of nitrogens with two attached hydrogens (primary N) is 1. The number of amides is 5. The summed E-state index contributed by atoms with van der Waals surface area (Å²) in [4.78, 5) is 91.5. The van der Waals surface area contributed by atoms with E-state index in [0.29, 0.717) is 42.4 Å². The highest BCUT2D eigenvalue weighted by Gasteiger charge is 2.38. The number of carbonyl (C=O) groups excluding carboxylic acids is 5. The Kier molecular flexibility index (Phi) is 12.0. The topological polar surface area (TPSA) is 234 Å². The number of hydrogen-bond acceptors (Lipinski definition) is 10. The molecule has 6 N–H and O–H groups in total. The van der Waals surface area contributed by atoms with Gasteiger partial charge in [0.25, 0.3) is 0 Å². The Hall–Kier alpha value is -6.65. The zero-order valence-electron chi connectivity index (χ0n) is 33.5. The lowest BCUT2D eigenvalue weighted by molar-refractivity contribution is -0.137. The summed E-state index contributed by atoms with van der Waals surface area (Å²) in [7, 11) is 1.28. The third-order valence-corrected chi connectivity index (χ3v) is 11.0. The zero-order valence-corrected chi connectivity index (χ0v) is 33.5. The van der Waals surface area contributed by atoms with Crippen LogP contribution in [-0.2, 0) is 23.9 Å². The number of nitrogens with zero attached hydrogens (tertiary/aromatic N) is 6. The van der Waals surface area contributed by atoms with Crippen LogP contribution in [0.15, 0.2) is 61.1 Å². The fourth-order valence-electron chi connectivity index (χ4n) is 7.94. The molecule has 2 saturated heterocycles. The van der Waals surface area contributed by atoms with Crippen molar-refractivity contribution in [2.45, 2.75) is 83.5 Å². The first-order chi connectivity index (χ1) is 28.4. The van der Waals surface area contributed by atoms with Gasteiger partial charge in [0.1, 0.15) is 23.7 Å². The number of methoxy groups -OCH3 is 1. The fourth-order valence-corrected chi connectivity index (χ4v) is 7.94. The molecule has 0 unspecified atom stereocenters. The number of benzene rings is 2. The molecule has 17 heteroatoms. The average molecular weight is 804 g/mol. The van der Waals surface area contributed by atoms with Crippen LogP contribution in [0.1, 0.15) is 83.0 Å². The van der Waals surface area contributed by atoms with E-state index in [-0.39, 0.29) is 48.6 Å². The smallest absolute Gasteiger partial charge is 0.407 e. The molecule has 4 atom stereocenters. The summed E-state index contributed by atoms with van der Waals surface area (Å²) in [6.07, 6.45) is 7.80. The third kappa shape index (κ3) is 8.93. The molecule has 5 amide bonds. The monoisotopic (exact) mass is 803 g/mol. The summed E-state index contributed by atoms with van der Waals surface area (Å²) in [5.41, 5.74) is 11.7. The van der Waals surface area contributed by atoms with Gasteiger partial charge in [-0.25, -0.2) is 19.7 Å². The predicted octanol–water partition coefficient (Wildman–Crippen LogP) is 4.55. The van der Waals surface area contributed by atoms with Crippen LogP contribution in [0.25, 0.3) is 44.8 Å². The maximum atomic E-state index is 13.5. The Bertz CT molecular complexity index is 2360. The maximum absolute atomic E-state index is 13.5. The van der Waals surface area contributed by atoms with E-state index in [2.05, 4.69) is 30.6 Å². The standard InChI is InChI=1S/C42H49N11O6/c1-23(2)37(51-42(58)59-4)41(57)53-18-6-8-35(53)39-45-21-32(49-39)26-11-9-25(10-12-26)31-20-44-30-19-27(13-14-28(30)48-31)33-22-46-38(50-33)34-7-5-17-52(34)40(56)29(47-24(3)54)15-16-36(43)55/h9-14,19-23,29,34-35,37H,5-8,15-18H2,1-4H3,(H2,43,55)(H,45,49)(H,46,50)(H,47,54)(H,51,58)/t29-,34-,35-,37-/m0/s1. The lowest BCUT2D eigenvalue weighted by Gasteiger charge is -2.30. The molecule has 59 heavy (non-hydrogen) atoms. The number of likely N-dealkylation sites (tertiary alicyclic amines) is 2. The molecular formula is C42H49N11O6. The highest BCUT2D eigenvalue weighted by atomic mass is 16.5. The van der Waals surface area contributed by atoms with Gasteiger partial charge in [0.05, 0.1) is 65.9 Å². The van der Waals surface area contributed by atoms with E-state index in [1.807, 2.05) is 56.3 Å². The second kappa shape index (κ2) is 17.5. The molecule has 0 spiro atoms. The van der Waals surface area contributed by atoms with Crippen molar-refractivity contribution in [2.24, 2.45) is 11.7 Å². The van der Waals surface area contributed by atoms with Gasteiger partial charge in [0, 0.05) is 37.6 Å². The van der Waals surface area contributed by atoms with Crippen molar-refractivity contribution < 1.29 is 28.7 Å². The molecule has 0 bridgehead atoms. The Balaban J connectivity index is 1.02. The van der Waals surface area contributed by atoms with E-state index in [1.54, 1.807) is 28.4 Å². The van der Waals surface area contributed by atoms with E-state index in [9.17, 15) is 24.0 Å². The van der Waals surface area contributed by atoms with Crippen molar-refractivity contribution in [3.05, 3.63) is 72.7 Å². The number of aromatic nitrogens is 6. The molecule has 2 fully saturated rings. The van der Waals surface area contributed by atoms with Gasteiger partial charge in [0.2, 0.25) is 23.6 Å². The molecule has 0 saturated carbocycles. The van der Waals surface area contributed by atoms with Gasteiger partial charge in [0.15, 0.2) is 0 Å². The van der Waals surface area contributed by atoms with Crippen LogP contribution in [0.4, 0.5) is 4.79 Å². The normalized spacial score (nSPS) is 17.6. The molecule has 7 rings (SSSR count). The molecule has 0 aliphatic carbocycles. The number of fused-ring (bicyclic) bond motifs is 1. The van der Waals surface area contributed by atoms with Crippen molar-refractivity contribution >= 4 is 40.8 Å². The van der Waals surface area contributed by atoms with Gasteiger partial charge in [-0.3, -0.25) is 24.2 Å². The summed E-state index contributed by atoms with van der Waals surface area (Å²) in [5, 5.41) is 5.36. The average Bonchev–Trinajstić information content (AvgIpc) is 4.07. The minimum absolute atomic E-state index is 0.0155. The first-order valence-corrected chi connectivity index (χ1v) is 19.9. The van der Waals surface area contributed by atoms with Gasteiger partial charge < -0.3 is 40.9 Å². The summed E-state index contributed by atoms with van der Waals surface area (Å²) in [5.74, 6) is -0.0994. The minimum Gasteiger partial charge on any atom is -0.453 e. The lowest BCUT2D eigenvalue weighted by atomic mass is 10.0. The van der Waals surface area contributed by atoms with Crippen LogP contribution < -0.4 is 16.4 Å². The first-order valence-electron chi connectivity index (χ1n) is 19.9. The van der Waals surface area contributed by atoms with Crippen molar-refractivity contribution in [3.63, 3.8) is 0 Å². The third-order valence-electron chi connectivity index (χ3n) is 11.0. The number of carbonyl (C=O) groups is 5. The second-order valence-corrected chi connectivity index (χ2v) is 15.4. The highest BCUT2D eigenvalue weighted by molar-refractivity contribution is 5.88. The zero-order chi connectivity index (χ0) is 41.8. The number of imidazole rings is 2. The Labute approximate surface area is 340 Å². The van der Waals surface area contributed by atoms with E-state index < -0.39 is 24.1 Å². The van der Waals surface area contributed by atoms with Crippen molar-refractivity contribution in [3.8, 4) is 33.8 Å². The number of primary amides is 1. The molecule has 308 valence electrons. The van der Waals surface area contributed by atoms with Crippen LogP contribution >= 0.6 is 0 Å². The van der Waals surface area contributed by atoms with E-state index >= 15 is 0 Å². The Morgan fingerprint density at radius 2 is 1.39 bits per heavy atom. The van der Waals surface area contributed by atoms with Gasteiger partial charge >= 0.3 is 6.09 Å². The molecule has 2 aromatic carbocycles. The lowest BCUT2D eigenvalue weighted by Crippen LogP contribution is -2.51. The largest absolute Gasteiger partial charge is 0.453 e. The van der Waals surface area contributed by atoms with Crippen LogP contribution in [0, 0.1) is 5.92 Å². The number of hydrogen-bond donors (Lipinski definition) is 5. The van der Waals surface area contributed by atoms with Crippen molar-refractivity contribution in [1.29, 1.82) is 0 Å². The summed E-state index contributed by atoms with van der Waals surface area (Å²) in [6.45, 7) is 6.20. The molecule has 0 radical (unpaired) electrons. The number of H-pyrrole nitrogens is 2. The molecule has 5 heterocycles. The fraction of sp³-hybridized carbons (Fsp3) is 0.405. The SMILES string of the molecule is COC(=O)N[C@H](C(=O)N1CCC[C@H]1c1ncc(-c2ccc(-c3cnc4cc(-c5cnc([C@@H]6CCCN6C(=O)[C@H](CCC(N)=O)NC(C)=O)[nH]5)ccc4n3)cc2)[nH]1)C(C)C. The van der Waals surface area contributed by atoms with E-state index in [4.69, 9.17) is 20.4 Å². The predicted molar refractivity (Wildman–Crippen MR) is 218 cm³/mol. The summed E-state index contributed by atoms with van der Waals surface area (Å²) >= 11 is 0. The molecular weight excluding hydrogens is 755 g/mol. The van der Waals surface area contributed by atoms with Crippen molar-refractivity contribution in [1.82, 2.24) is 50.3 Å². The van der Waals surface area contributed by atoms with E-state index in [0.717, 1.165) is 52.9 Å². The van der Waals surface area contributed by atoms with Gasteiger partial charge in [-0.15, -0.1) is 0 Å². The Morgan fingerprint density at radius 1 is 0.797 bits per heavy atom. The number of ether oxygens (including phenoxy) is 1. The van der Waals surface area contributed by atoms with Crippen LogP contribution in [0.5, 0.6) is 0 Å². The molecule has 5 aromatic rings. The minimum atomic E-state index is -0.849. The van der Waals surface area contributed by atoms with Gasteiger partial charge in [-0.05, 0) is 55.7 Å². The van der Waals surface area contributed by atoms with Crippen molar-refractivity contribution in [2.75, 3.05) is 20.2 Å². The summed E-state index contributed by atoms with van der Waals surface area (Å²) in [6, 6.07) is 11.7. The Morgan fingerprint density at radius 3 is 1.98 bits per heavy atom.